The highest BCUT2D eigenvalue weighted by molar-refractivity contribution is 7.89. The number of anilines is 1. The number of aryl methyl sites for hydroxylation is 1. The zero-order valence-corrected chi connectivity index (χ0v) is 17.9. The van der Waals surface area contributed by atoms with Gasteiger partial charge in [-0.3, -0.25) is 4.79 Å². The first-order valence-corrected chi connectivity index (χ1v) is 10.7. The van der Waals surface area contributed by atoms with E-state index in [0.717, 1.165) is 22.4 Å². The van der Waals surface area contributed by atoms with Crippen LogP contribution in [-0.2, 0) is 21.2 Å². The molecule has 0 saturated carbocycles. The van der Waals surface area contributed by atoms with Crippen molar-refractivity contribution in [3.05, 3.63) is 53.1 Å². The summed E-state index contributed by atoms with van der Waals surface area (Å²) < 4.78 is 32.2. The van der Waals surface area contributed by atoms with E-state index in [4.69, 9.17) is 4.74 Å². The SMILES string of the molecule is CCN(CC)S(=O)(=O)c1cc(C)c(C)c(NC(=O)Cc2ccc(OC)cc2)c1. The third-order valence-corrected chi connectivity index (χ3v) is 6.81. The molecule has 0 heterocycles. The summed E-state index contributed by atoms with van der Waals surface area (Å²) in [6, 6.07) is 10.5. The Kier molecular flexibility index (Phi) is 7.21. The lowest BCUT2D eigenvalue weighted by Gasteiger charge is -2.20. The average Bonchev–Trinajstić information content (AvgIpc) is 2.66. The number of hydrogen-bond acceptors (Lipinski definition) is 4. The van der Waals surface area contributed by atoms with Gasteiger partial charge in [0.05, 0.1) is 18.4 Å². The van der Waals surface area contributed by atoms with E-state index < -0.39 is 10.0 Å². The molecule has 0 aliphatic rings. The van der Waals surface area contributed by atoms with Gasteiger partial charge in [-0.1, -0.05) is 26.0 Å². The van der Waals surface area contributed by atoms with Crippen molar-refractivity contribution in [3.63, 3.8) is 0 Å². The number of amides is 1. The number of nitrogens with zero attached hydrogens (tertiary/aromatic N) is 1. The van der Waals surface area contributed by atoms with Crippen LogP contribution in [0.4, 0.5) is 5.69 Å². The molecule has 0 fully saturated rings. The summed E-state index contributed by atoms with van der Waals surface area (Å²) in [6.45, 7) is 8.11. The van der Waals surface area contributed by atoms with Gasteiger partial charge in [0.25, 0.3) is 0 Å². The third kappa shape index (κ3) is 4.91. The van der Waals surface area contributed by atoms with Gasteiger partial charge in [0.15, 0.2) is 0 Å². The van der Waals surface area contributed by atoms with Crippen molar-refractivity contribution in [2.24, 2.45) is 0 Å². The molecule has 6 nitrogen and oxygen atoms in total. The summed E-state index contributed by atoms with van der Waals surface area (Å²) in [7, 11) is -2.01. The van der Waals surface area contributed by atoms with Crippen LogP contribution in [0.5, 0.6) is 5.75 Å². The van der Waals surface area contributed by atoms with E-state index in [1.807, 2.05) is 26.0 Å². The molecular weight excluding hydrogens is 376 g/mol. The predicted molar refractivity (Wildman–Crippen MR) is 111 cm³/mol. The van der Waals surface area contributed by atoms with Crippen LogP contribution in [0.25, 0.3) is 0 Å². The van der Waals surface area contributed by atoms with E-state index in [1.165, 1.54) is 4.31 Å². The number of carbonyl (C=O) groups excluding carboxylic acids is 1. The molecule has 2 rings (SSSR count). The van der Waals surface area contributed by atoms with E-state index in [1.54, 1.807) is 45.2 Å². The highest BCUT2D eigenvalue weighted by Crippen LogP contribution is 2.26. The van der Waals surface area contributed by atoms with Crippen LogP contribution in [0.1, 0.15) is 30.5 Å². The molecule has 0 aromatic heterocycles. The molecule has 2 aromatic carbocycles. The van der Waals surface area contributed by atoms with Crippen molar-refractivity contribution < 1.29 is 17.9 Å². The van der Waals surface area contributed by atoms with E-state index in [9.17, 15) is 13.2 Å². The summed E-state index contributed by atoms with van der Waals surface area (Å²) >= 11 is 0. The number of rotatable bonds is 8. The highest BCUT2D eigenvalue weighted by atomic mass is 32.2. The monoisotopic (exact) mass is 404 g/mol. The van der Waals surface area contributed by atoms with Gasteiger partial charge in [-0.2, -0.15) is 4.31 Å². The van der Waals surface area contributed by atoms with Gasteiger partial charge in [-0.25, -0.2) is 8.42 Å². The van der Waals surface area contributed by atoms with Crippen LogP contribution in [-0.4, -0.2) is 38.8 Å². The molecule has 1 amide bonds. The topological polar surface area (TPSA) is 75.7 Å². The second-order valence-electron chi connectivity index (χ2n) is 6.58. The molecule has 0 aliphatic carbocycles. The van der Waals surface area contributed by atoms with E-state index in [-0.39, 0.29) is 17.2 Å². The molecular formula is C21H28N2O4S. The first kappa shape index (κ1) is 21.9. The minimum Gasteiger partial charge on any atom is -0.497 e. The van der Waals surface area contributed by atoms with Crippen LogP contribution in [0, 0.1) is 13.8 Å². The van der Waals surface area contributed by atoms with Gasteiger partial charge in [0, 0.05) is 18.8 Å². The van der Waals surface area contributed by atoms with Crippen molar-refractivity contribution in [2.75, 3.05) is 25.5 Å². The Morgan fingerprint density at radius 3 is 2.21 bits per heavy atom. The summed E-state index contributed by atoms with van der Waals surface area (Å²) in [4.78, 5) is 12.7. The van der Waals surface area contributed by atoms with Gasteiger partial charge < -0.3 is 10.1 Å². The van der Waals surface area contributed by atoms with Gasteiger partial charge in [-0.05, 0) is 54.8 Å². The second kappa shape index (κ2) is 9.21. The Labute approximate surface area is 167 Å². The number of nitrogens with one attached hydrogen (secondary N) is 1. The maximum Gasteiger partial charge on any atom is 0.243 e. The molecule has 0 bridgehead atoms. The first-order chi connectivity index (χ1) is 13.2. The standard InChI is InChI=1S/C21H28N2O4S/c1-6-23(7-2)28(25,26)19-12-15(3)16(4)20(14-19)22-21(24)13-17-8-10-18(27-5)11-9-17/h8-12,14H,6-7,13H2,1-5H3,(H,22,24). The normalized spacial score (nSPS) is 11.5. The predicted octanol–water partition coefficient (Wildman–Crippen LogP) is 3.52. The van der Waals surface area contributed by atoms with Crippen LogP contribution < -0.4 is 10.1 Å². The maximum absolute atomic E-state index is 12.8. The van der Waals surface area contributed by atoms with Crippen molar-refractivity contribution in [2.45, 2.75) is 39.0 Å². The summed E-state index contributed by atoms with van der Waals surface area (Å²) in [5.74, 6) is 0.523. The van der Waals surface area contributed by atoms with Crippen molar-refractivity contribution in [1.82, 2.24) is 4.31 Å². The number of hydrogen-bond donors (Lipinski definition) is 1. The number of methoxy groups -OCH3 is 1. The van der Waals surface area contributed by atoms with Crippen LogP contribution >= 0.6 is 0 Å². The van der Waals surface area contributed by atoms with Gasteiger partial charge in [0.2, 0.25) is 15.9 Å². The van der Waals surface area contributed by atoms with E-state index in [0.29, 0.717) is 18.8 Å². The summed E-state index contributed by atoms with van der Waals surface area (Å²) in [5.41, 5.74) is 3.03. The third-order valence-electron chi connectivity index (χ3n) is 4.78. The van der Waals surface area contributed by atoms with Crippen molar-refractivity contribution >= 4 is 21.6 Å². The minimum absolute atomic E-state index is 0.190. The summed E-state index contributed by atoms with van der Waals surface area (Å²) in [5, 5.41) is 2.86. The van der Waals surface area contributed by atoms with Crippen molar-refractivity contribution in [1.29, 1.82) is 0 Å². The molecule has 152 valence electrons. The van der Waals surface area contributed by atoms with Crippen LogP contribution in [0.2, 0.25) is 0 Å². The molecule has 7 heteroatoms. The second-order valence-corrected chi connectivity index (χ2v) is 8.51. The Morgan fingerprint density at radius 2 is 1.68 bits per heavy atom. The fourth-order valence-electron chi connectivity index (χ4n) is 2.94. The van der Waals surface area contributed by atoms with Gasteiger partial charge in [-0.15, -0.1) is 0 Å². The number of ether oxygens (including phenoxy) is 1. The molecule has 0 spiro atoms. The summed E-state index contributed by atoms with van der Waals surface area (Å²) in [6.07, 6.45) is 0.190. The lowest BCUT2D eigenvalue weighted by Crippen LogP contribution is -2.30. The first-order valence-electron chi connectivity index (χ1n) is 9.27. The minimum atomic E-state index is -3.60. The fourth-order valence-corrected chi connectivity index (χ4v) is 4.51. The Bertz CT molecular complexity index is 934. The average molecular weight is 405 g/mol. The van der Waals surface area contributed by atoms with Gasteiger partial charge in [0.1, 0.15) is 5.75 Å². The lowest BCUT2D eigenvalue weighted by atomic mass is 10.1. The number of carbonyl (C=O) groups is 1. The molecule has 0 saturated heterocycles. The van der Waals surface area contributed by atoms with E-state index >= 15 is 0 Å². The Morgan fingerprint density at radius 1 is 1.07 bits per heavy atom. The number of benzene rings is 2. The molecule has 28 heavy (non-hydrogen) atoms. The molecule has 0 aliphatic heterocycles. The fraction of sp³-hybridized carbons (Fsp3) is 0.381. The largest absolute Gasteiger partial charge is 0.497 e. The lowest BCUT2D eigenvalue weighted by molar-refractivity contribution is -0.115. The zero-order chi connectivity index (χ0) is 20.9. The molecule has 2 aromatic rings. The molecule has 0 atom stereocenters. The van der Waals surface area contributed by atoms with Crippen LogP contribution in [0.3, 0.4) is 0 Å². The smallest absolute Gasteiger partial charge is 0.243 e. The molecule has 1 N–H and O–H groups in total. The van der Waals surface area contributed by atoms with Gasteiger partial charge >= 0.3 is 0 Å². The zero-order valence-electron chi connectivity index (χ0n) is 17.1. The number of sulfonamides is 1. The Hall–Kier alpha value is -2.38. The van der Waals surface area contributed by atoms with E-state index in [2.05, 4.69) is 5.32 Å². The van der Waals surface area contributed by atoms with Crippen molar-refractivity contribution in [3.8, 4) is 5.75 Å². The molecule has 0 unspecified atom stereocenters. The molecule has 0 radical (unpaired) electrons. The maximum atomic E-state index is 12.8. The van der Waals surface area contributed by atoms with Crippen LogP contribution in [0.15, 0.2) is 41.3 Å². The highest BCUT2D eigenvalue weighted by Gasteiger charge is 2.23. The quantitative estimate of drug-likeness (QED) is 0.730. The Balaban J connectivity index is 2.27.